The summed E-state index contributed by atoms with van der Waals surface area (Å²) in [5.41, 5.74) is 2.20. The Bertz CT molecular complexity index is 633. The summed E-state index contributed by atoms with van der Waals surface area (Å²) in [6.45, 7) is 2.05. The van der Waals surface area contributed by atoms with Gasteiger partial charge in [-0.05, 0) is 35.7 Å². The Kier molecular flexibility index (Phi) is 5.64. The Morgan fingerprint density at radius 3 is 2.41 bits per heavy atom. The van der Waals surface area contributed by atoms with Crippen LogP contribution in [0.2, 0.25) is 0 Å². The van der Waals surface area contributed by atoms with Crippen LogP contribution in [0.15, 0.2) is 54.8 Å². The average Bonchev–Trinajstić information content (AvgIpc) is 2.48. The molecule has 2 rings (SSSR count). The molecule has 0 saturated heterocycles. The first-order chi connectivity index (χ1) is 10.6. The maximum absolute atomic E-state index is 14.1. The van der Waals surface area contributed by atoms with Crippen molar-refractivity contribution in [3.8, 4) is 16.9 Å². The molecule has 0 amide bonds. The lowest BCUT2D eigenvalue weighted by Gasteiger charge is -2.07. The van der Waals surface area contributed by atoms with E-state index in [1.807, 2.05) is 13.0 Å². The van der Waals surface area contributed by atoms with Crippen molar-refractivity contribution < 1.29 is 17.9 Å². The summed E-state index contributed by atoms with van der Waals surface area (Å²) >= 11 is 0. The fourth-order valence-electron chi connectivity index (χ4n) is 2.13. The third-order valence-corrected chi connectivity index (χ3v) is 3.17. The third-order valence-electron chi connectivity index (χ3n) is 3.17. The molecule has 0 unspecified atom stereocenters. The number of allylic oxidation sites excluding steroid dienone is 1. The minimum Gasteiger partial charge on any atom is -0.465 e. The number of aryl methyl sites for hydroxylation is 1. The molecule has 0 aliphatic heterocycles. The van der Waals surface area contributed by atoms with Crippen LogP contribution < -0.4 is 4.74 Å². The Balaban J connectivity index is 2.13. The highest BCUT2D eigenvalue weighted by Crippen LogP contribution is 2.26. The topological polar surface area (TPSA) is 9.23 Å². The molecule has 0 spiro atoms. The SMILES string of the molecule is CCCc1ccc(-c2ccc(OC=CC(F)F)cc2)c(F)c1. The molecule has 0 bridgehead atoms. The predicted octanol–water partition coefficient (Wildman–Crippen LogP) is 5.60. The molecule has 2 aromatic rings. The van der Waals surface area contributed by atoms with E-state index in [2.05, 4.69) is 0 Å². The van der Waals surface area contributed by atoms with Gasteiger partial charge in [0.05, 0.1) is 6.26 Å². The van der Waals surface area contributed by atoms with Gasteiger partial charge in [-0.1, -0.05) is 37.6 Å². The Morgan fingerprint density at radius 1 is 1.09 bits per heavy atom. The van der Waals surface area contributed by atoms with E-state index in [-0.39, 0.29) is 5.82 Å². The smallest absolute Gasteiger partial charge is 0.260 e. The summed E-state index contributed by atoms with van der Waals surface area (Å²) in [5.74, 6) is 0.154. The molecule has 0 aliphatic carbocycles. The van der Waals surface area contributed by atoms with Crippen LogP contribution >= 0.6 is 0 Å². The first kappa shape index (κ1) is 16.1. The van der Waals surface area contributed by atoms with Crippen molar-refractivity contribution in [2.24, 2.45) is 0 Å². The molecule has 1 nitrogen and oxygen atoms in total. The lowest BCUT2D eigenvalue weighted by Crippen LogP contribution is -1.90. The van der Waals surface area contributed by atoms with Crippen molar-refractivity contribution >= 4 is 0 Å². The number of hydrogen-bond donors (Lipinski definition) is 0. The number of halogens is 3. The van der Waals surface area contributed by atoms with Crippen LogP contribution in [-0.2, 0) is 6.42 Å². The zero-order valence-corrected chi connectivity index (χ0v) is 12.2. The first-order valence-electron chi connectivity index (χ1n) is 7.10. The van der Waals surface area contributed by atoms with Crippen molar-refractivity contribution in [2.75, 3.05) is 0 Å². The van der Waals surface area contributed by atoms with Crippen LogP contribution in [-0.4, -0.2) is 6.43 Å². The van der Waals surface area contributed by atoms with Gasteiger partial charge in [-0.25, -0.2) is 13.2 Å². The molecule has 0 aromatic heterocycles. The Labute approximate surface area is 128 Å². The molecule has 0 N–H and O–H groups in total. The normalized spacial score (nSPS) is 11.3. The van der Waals surface area contributed by atoms with Crippen LogP contribution in [0.4, 0.5) is 13.2 Å². The molecule has 0 atom stereocenters. The zero-order chi connectivity index (χ0) is 15.9. The van der Waals surface area contributed by atoms with Crippen LogP contribution in [0, 0.1) is 5.82 Å². The van der Waals surface area contributed by atoms with Crippen molar-refractivity contribution in [3.05, 3.63) is 66.2 Å². The summed E-state index contributed by atoms with van der Waals surface area (Å²) < 4.78 is 43.1. The quantitative estimate of drug-likeness (QED) is 0.631. The molecule has 116 valence electrons. The molecular weight excluding hydrogens is 289 g/mol. The van der Waals surface area contributed by atoms with Crippen molar-refractivity contribution in [2.45, 2.75) is 26.2 Å². The summed E-state index contributed by atoms with van der Waals surface area (Å²) in [7, 11) is 0. The van der Waals surface area contributed by atoms with Gasteiger partial charge in [-0.3, -0.25) is 0 Å². The molecule has 4 heteroatoms. The third kappa shape index (κ3) is 4.38. The van der Waals surface area contributed by atoms with Crippen LogP contribution in [0.3, 0.4) is 0 Å². The summed E-state index contributed by atoms with van der Waals surface area (Å²) in [6, 6.07) is 11.8. The number of ether oxygens (including phenoxy) is 1. The Morgan fingerprint density at radius 2 is 1.82 bits per heavy atom. The highest BCUT2D eigenvalue weighted by molar-refractivity contribution is 5.65. The minimum absolute atomic E-state index is 0.266. The minimum atomic E-state index is -2.55. The maximum atomic E-state index is 14.1. The number of rotatable bonds is 6. The maximum Gasteiger partial charge on any atom is 0.260 e. The molecule has 22 heavy (non-hydrogen) atoms. The second-order valence-corrected chi connectivity index (χ2v) is 4.87. The van der Waals surface area contributed by atoms with E-state index in [0.717, 1.165) is 24.7 Å². The van der Waals surface area contributed by atoms with E-state index in [0.29, 0.717) is 23.0 Å². The lowest BCUT2D eigenvalue weighted by molar-refractivity contribution is 0.201. The molecule has 0 radical (unpaired) electrons. The standard InChI is InChI=1S/C18H17F3O/c1-2-3-13-4-9-16(17(19)12-13)14-5-7-15(8-6-14)22-11-10-18(20)21/h4-12,18H,2-3H2,1H3. The van der Waals surface area contributed by atoms with Gasteiger partial charge in [0.25, 0.3) is 6.43 Å². The second-order valence-electron chi connectivity index (χ2n) is 4.87. The van der Waals surface area contributed by atoms with Crippen molar-refractivity contribution in [1.29, 1.82) is 0 Å². The fourth-order valence-corrected chi connectivity index (χ4v) is 2.13. The summed E-state index contributed by atoms with van der Waals surface area (Å²) in [4.78, 5) is 0. The highest BCUT2D eigenvalue weighted by Gasteiger charge is 2.06. The van der Waals surface area contributed by atoms with Crippen LogP contribution in [0.1, 0.15) is 18.9 Å². The van der Waals surface area contributed by atoms with Gasteiger partial charge >= 0.3 is 0 Å². The number of hydrogen-bond acceptors (Lipinski definition) is 1. The van der Waals surface area contributed by atoms with Crippen molar-refractivity contribution in [3.63, 3.8) is 0 Å². The fraction of sp³-hybridized carbons (Fsp3) is 0.222. The first-order valence-corrected chi connectivity index (χ1v) is 7.10. The van der Waals surface area contributed by atoms with E-state index in [1.54, 1.807) is 36.4 Å². The van der Waals surface area contributed by atoms with Gasteiger partial charge in [0.15, 0.2) is 0 Å². The van der Waals surface area contributed by atoms with Gasteiger partial charge in [0.2, 0.25) is 0 Å². The van der Waals surface area contributed by atoms with E-state index in [1.165, 1.54) is 0 Å². The van der Waals surface area contributed by atoms with Crippen LogP contribution in [0.5, 0.6) is 5.75 Å². The Hall–Kier alpha value is -2.23. The lowest BCUT2D eigenvalue weighted by atomic mass is 10.0. The van der Waals surface area contributed by atoms with Crippen LogP contribution in [0.25, 0.3) is 11.1 Å². The summed E-state index contributed by atoms with van der Waals surface area (Å²) in [5, 5.41) is 0. The monoisotopic (exact) mass is 306 g/mol. The van der Waals surface area contributed by atoms with Gasteiger partial charge < -0.3 is 4.74 Å². The summed E-state index contributed by atoms with van der Waals surface area (Å²) in [6.07, 6.45) is 0.868. The number of alkyl halides is 2. The highest BCUT2D eigenvalue weighted by atomic mass is 19.3. The number of benzene rings is 2. The largest absolute Gasteiger partial charge is 0.465 e. The van der Waals surface area contributed by atoms with Gasteiger partial charge in [0.1, 0.15) is 11.6 Å². The zero-order valence-electron chi connectivity index (χ0n) is 12.2. The van der Waals surface area contributed by atoms with E-state index in [4.69, 9.17) is 4.74 Å². The second kappa shape index (κ2) is 7.69. The van der Waals surface area contributed by atoms with E-state index in [9.17, 15) is 13.2 Å². The molecule has 0 aliphatic rings. The molecule has 2 aromatic carbocycles. The van der Waals surface area contributed by atoms with Gasteiger partial charge in [0, 0.05) is 11.6 Å². The molecule has 0 saturated carbocycles. The van der Waals surface area contributed by atoms with Gasteiger partial charge in [-0.2, -0.15) is 0 Å². The van der Waals surface area contributed by atoms with E-state index < -0.39 is 6.43 Å². The van der Waals surface area contributed by atoms with Gasteiger partial charge in [-0.15, -0.1) is 0 Å². The van der Waals surface area contributed by atoms with E-state index >= 15 is 0 Å². The molecule has 0 fully saturated rings. The average molecular weight is 306 g/mol. The molecule has 0 heterocycles. The van der Waals surface area contributed by atoms with Crippen molar-refractivity contribution in [1.82, 2.24) is 0 Å². The molecular formula is C18H17F3O. The predicted molar refractivity (Wildman–Crippen MR) is 81.6 cm³/mol.